The number of hydrogen-bond acceptors (Lipinski definition) is 0. The standard InChI is InChI=1S/C10H21/c1-6-7-8-10(4,5)9(2)3/h9H,1,6-8H2,2-5H3. The topological polar surface area (TPSA) is 0 Å². The van der Waals surface area contributed by atoms with Crippen molar-refractivity contribution in [2.45, 2.75) is 47.0 Å². The van der Waals surface area contributed by atoms with E-state index in [1.54, 1.807) is 0 Å². The van der Waals surface area contributed by atoms with Gasteiger partial charge in [-0.3, -0.25) is 0 Å². The highest BCUT2D eigenvalue weighted by Gasteiger charge is 2.20. The average molecular weight is 141 g/mol. The van der Waals surface area contributed by atoms with Crippen LogP contribution < -0.4 is 0 Å². The number of hydrogen-bond donors (Lipinski definition) is 0. The molecule has 0 saturated carbocycles. The van der Waals surface area contributed by atoms with Gasteiger partial charge in [-0.2, -0.15) is 0 Å². The largest absolute Gasteiger partial charge is 0.0623 e. The van der Waals surface area contributed by atoms with E-state index in [0.717, 1.165) is 12.3 Å². The highest BCUT2D eigenvalue weighted by molar-refractivity contribution is 4.71. The molecule has 0 aromatic heterocycles. The van der Waals surface area contributed by atoms with Crippen molar-refractivity contribution in [1.29, 1.82) is 0 Å². The fourth-order valence-electron chi connectivity index (χ4n) is 0.869. The van der Waals surface area contributed by atoms with Gasteiger partial charge in [0.25, 0.3) is 0 Å². The highest BCUT2D eigenvalue weighted by atomic mass is 14.3. The van der Waals surface area contributed by atoms with E-state index in [4.69, 9.17) is 0 Å². The van der Waals surface area contributed by atoms with Gasteiger partial charge in [-0.05, 0) is 17.8 Å². The Balaban J connectivity index is 3.63. The Labute approximate surface area is 66.0 Å². The molecule has 10 heavy (non-hydrogen) atoms. The lowest BCUT2D eigenvalue weighted by atomic mass is 9.77. The second-order valence-corrected chi connectivity index (χ2v) is 4.10. The first-order valence-corrected chi connectivity index (χ1v) is 4.30. The third-order valence-electron chi connectivity index (χ3n) is 2.63. The first-order chi connectivity index (χ1) is 4.50. The first kappa shape index (κ1) is 10.0. The van der Waals surface area contributed by atoms with Crippen LogP contribution in [0.5, 0.6) is 0 Å². The molecule has 0 aliphatic carbocycles. The second kappa shape index (κ2) is 4.00. The fraction of sp³-hybridized carbons (Fsp3) is 0.900. The van der Waals surface area contributed by atoms with Gasteiger partial charge in [0.15, 0.2) is 0 Å². The SMILES string of the molecule is [CH2]CCCC(C)(C)C(C)C. The zero-order valence-corrected chi connectivity index (χ0v) is 7.91. The third-order valence-corrected chi connectivity index (χ3v) is 2.63. The van der Waals surface area contributed by atoms with E-state index in [0.29, 0.717) is 5.41 Å². The molecule has 0 fully saturated rings. The summed E-state index contributed by atoms with van der Waals surface area (Å²) >= 11 is 0. The molecule has 0 heterocycles. The van der Waals surface area contributed by atoms with Gasteiger partial charge in [0.2, 0.25) is 0 Å². The Morgan fingerprint density at radius 2 is 1.80 bits per heavy atom. The van der Waals surface area contributed by atoms with E-state index in [1.807, 2.05) is 0 Å². The Kier molecular flexibility index (Phi) is 4.00. The van der Waals surface area contributed by atoms with Gasteiger partial charge in [-0.1, -0.05) is 47.5 Å². The number of unbranched alkanes of at least 4 members (excludes halogenated alkanes) is 1. The lowest BCUT2D eigenvalue weighted by molar-refractivity contribution is 0.224. The molecule has 0 aromatic carbocycles. The van der Waals surface area contributed by atoms with E-state index in [9.17, 15) is 0 Å². The van der Waals surface area contributed by atoms with Crippen LogP contribution in [0, 0.1) is 18.3 Å². The second-order valence-electron chi connectivity index (χ2n) is 4.10. The summed E-state index contributed by atoms with van der Waals surface area (Å²) in [6.45, 7) is 13.1. The van der Waals surface area contributed by atoms with Crippen molar-refractivity contribution in [3.05, 3.63) is 6.92 Å². The van der Waals surface area contributed by atoms with Crippen molar-refractivity contribution in [2.24, 2.45) is 11.3 Å². The molecule has 0 N–H and O–H groups in total. The smallest absolute Gasteiger partial charge is 0.0331 e. The fourth-order valence-corrected chi connectivity index (χ4v) is 0.869. The first-order valence-electron chi connectivity index (χ1n) is 4.30. The minimum atomic E-state index is 0.512. The summed E-state index contributed by atoms with van der Waals surface area (Å²) in [7, 11) is 0. The van der Waals surface area contributed by atoms with E-state index < -0.39 is 0 Å². The molecule has 0 saturated heterocycles. The van der Waals surface area contributed by atoms with Crippen molar-refractivity contribution in [2.75, 3.05) is 0 Å². The van der Waals surface area contributed by atoms with Crippen molar-refractivity contribution >= 4 is 0 Å². The summed E-state index contributed by atoms with van der Waals surface area (Å²) in [5.41, 5.74) is 0.512. The molecule has 0 aliphatic rings. The normalized spacial score (nSPS) is 12.6. The van der Waals surface area contributed by atoms with E-state index in [-0.39, 0.29) is 0 Å². The monoisotopic (exact) mass is 141 g/mol. The van der Waals surface area contributed by atoms with Crippen LogP contribution in [0.2, 0.25) is 0 Å². The predicted molar refractivity (Wildman–Crippen MR) is 47.8 cm³/mol. The van der Waals surface area contributed by atoms with E-state index in [1.165, 1.54) is 12.8 Å². The van der Waals surface area contributed by atoms with Gasteiger partial charge < -0.3 is 0 Å². The molecule has 0 atom stereocenters. The summed E-state index contributed by atoms with van der Waals surface area (Å²) in [6.07, 6.45) is 3.66. The molecule has 0 amide bonds. The van der Waals surface area contributed by atoms with Crippen LogP contribution in [0.3, 0.4) is 0 Å². The predicted octanol–water partition coefficient (Wildman–Crippen LogP) is 3.67. The molecular weight excluding hydrogens is 120 g/mol. The van der Waals surface area contributed by atoms with Crippen LogP contribution in [0.1, 0.15) is 47.0 Å². The molecule has 61 valence electrons. The van der Waals surface area contributed by atoms with Crippen LogP contribution >= 0.6 is 0 Å². The Morgan fingerprint density at radius 1 is 1.30 bits per heavy atom. The van der Waals surface area contributed by atoms with Crippen LogP contribution in [0.4, 0.5) is 0 Å². The molecular formula is C10H21. The minimum Gasteiger partial charge on any atom is -0.0623 e. The molecule has 0 aliphatic heterocycles. The van der Waals surface area contributed by atoms with Gasteiger partial charge in [-0.15, -0.1) is 0 Å². The summed E-state index contributed by atoms with van der Waals surface area (Å²) in [4.78, 5) is 0. The van der Waals surface area contributed by atoms with Crippen molar-refractivity contribution in [3.8, 4) is 0 Å². The number of rotatable bonds is 4. The average Bonchev–Trinajstić information content (AvgIpc) is 1.84. The maximum atomic E-state index is 3.85. The lowest BCUT2D eigenvalue weighted by Crippen LogP contribution is -2.18. The Morgan fingerprint density at radius 3 is 2.10 bits per heavy atom. The molecule has 0 spiro atoms. The summed E-state index contributed by atoms with van der Waals surface area (Å²) in [5.74, 6) is 0.791. The zero-order chi connectivity index (χ0) is 8.20. The van der Waals surface area contributed by atoms with Gasteiger partial charge in [0.1, 0.15) is 0 Å². The highest BCUT2D eigenvalue weighted by Crippen LogP contribution is 2.31. The molecule has 0 unspecified atom stereocenters. The molecule has 1 radical (unpaired) electrons. The van der Waals surface area contributed by atoms with E-state index >= 15 is 0 Å². The van der Waals surface area contributed by atoms with E-state index in [2.05, 4.69) is 34.6 Å². The van der Waals surface area contributed by atoms with Crippen molar-refractivity contribution < 1.29 is 0 Å². The molecule has 0 bridgehead atoms. The summed E-state index contributed by atoms with van der Waals surface area (Å²) in [5, 5.41) is 0. The summed E-state index contributed by atoms with van der Waals surface area (Å²) < 4.78 is 0. The van der Waals surface area contributed by atoms with Gasteiger partial charge >= 0.3 is 0 Å². The van der Waals surface area contributed by atoms with Crippen LogP contribution in [0.25, 0.3) is 0 Å². The van der Waals surface area contributed by atoms with Crippen molar-refractivity contribution in [3.63, 3.8) is 0 Å². The molecule has 0 nitrogen and oxygen atoms in total. The Hall–Kier alpha value is 0. The van der Waals surface area contributed by atoms with Crippen LogP contribution in [-0.2, 0) is 0 Å². The van der Waals surface area contributed by atoms with Crippen LogP contribution in [-0.4, -0.2) is 0 Å². The van der Waals surface area contributed by atoms with Crippen molar-refractivity contribution in [1.82, 2.24) is 0 Å². The molecule has 0 rings (SSSR count). The quantitative estimate of drug-likeness (QED) is 0.560. The van der Waals surface area contributed by atoms with Gasteiger partial charge in [-0.25, -0.2) is 0 Å². The maximum absolute atomic E-state index is 3.85. The zero-order valence-electron chi connectivity index (χ0n) is 7.91. The molecule has 0 heteroatoms. The Bertz CT molecular complexity index is 80.0. The maximum Gasteiger partial charge on any atom is -0.0331 e. The third kappa shape index (κ3) is 3.24. The minimum absolute atomic E-state index is 0.512. The van der Waals surface area contributed by atoms with Gasteiger partial charge in [0.05, 0.1) is 0 Å². The lowest BCUT2D eigenvalue weighted by Gasteiger charge is -2.28. The van der Waals surface area contributed by atoms with Crippen LogP contribution in [0.15, 0.2) is 0 Å². The summed E-state index contributed by atoms with van der Waals surface area (Å²) in [6, 6.07) is 0. The van der Waals surface area contributed by atoms with Gasteiger partial charge in [0, 0.05) is 0 Å². The molecule has 0 aromatic rings.